The van der Waals surface area contributed by atoms with Gasteiger partial charge in [0.15, 0.2) is 9.84 Å². The van der Waals surface area contributed by atoms with E-state index < -0.39 is 14.7 Å². The van der Waals surface area contributed by atoms with E-state index in [0.29, 0.717) is 0 Å². The Hall–Kier alpha value is -0.813. The third-order valence-electron chi connectivity index (χ3n) is 1.64. The van der Waals surface area contributed by atoms with Gasteiger partial charge in [0.1, 0.15) is 10.6 Å². The lowest BCUT2D eigenvalue weighted by atomic mass is 10.3. The van der Waals surface area contributed by atoms with E-state index in [1.54, 1.807) is 12.1 Å². The van der Waals surface area contributed by atoms with Crippen molar-refractivity contribution in [2.24, 2.45) is 0 Å². The van der Waals surface area contributed by atoms with Crippen LogP contribution in [0.4, 0.5) is 0 Å². The minimum Gasteiger partial charge on any atom is -0.507 e. The Kier molecular flexibility index (Phi) is 2.77. The van der Waals surface area contributed by atoms with E-state index in [4.69, 9.17) is 0 Å². The topological polar surface area (TPSA) is 54.4 Å². The first kappa shape index (κ1) is 10.3. The molecule has 0 amide bonds. The zero-order chi connectivity index (χ0) is 10.1. The fourth-order valence-electron chi connectivity index (χ4n) is 0.888. The molecule has 1 unspecified atom stereocenters. The summed E-state index contributed by atoms with van der Waals surface area (Å²) >= 11 is 0. The summed E-state index contributed by atoms with van der Waals surface area (Å²) in [5.74, 6) is -0.215. The van der Waals surface area contributed by atoms with Crippen LogP contribution in [-0.2, 0) is 9.84 Å². The molecule has 3 nitrogen and oxygen atoms in total. The summed E-state index contributed by atoms with van der Waals surface area (Å²) in [4.78, 5) is -0.752. The minimum atomic E-state index is -3.44. The highest BCUT2D eigenvalue weighted by Gasteiger charge is 2.21. The van der Waals surface area contributed by atoms with Gasteiger partial charge in [0.25, 0.3) is 0 Å². The fraction of sp³-hybridized carbons (Fsp3) is 0.250. The highest BCUT2D eigenvalue weighted by molar-refractivity contribution is 7.93. The minimum absolute atomic E-state index is 0.0440. The Morgan fingerprint density at radius 2 is 1.92 bits per heavy atom. The van der Waals surface area contributed by atoms with E-state index in [-0.39, 0.29) is 10.6 Å². The Morgan fingerprint density at radius 1 is 1.38 bits per heavy atom. The molecule has 0 aromatic heterocycles. The van der Waals surface area contributed by atoms with Crippen molar-refractivity contribution >= 4 is 20.1 Å². The molecule has 69 valence electrons. The molecule has 1 rings (SSSR count). The zero-order valence-electron chi connectivity index (χ0n) is 7.06. The summed E-state index contributed by atoms with van der Waals surface area (Å²) in [5.41, 5.74) is 0. The van der Waals surface area contributed by atoms with Gasteiger partial charge in [0, 0.05) is 15.1 Å². The molecule has 1 aromatic rings. The van der Waals surface area contributed by atoms with Crippen LogP contribution in [0.15, 0.2) is 29.2 Å². The van der Waals surface area contributed by atoms with Crippen molar-refractivity contribution in [2.45, 2.75) is 16.7 Å². The lowest BCUT2D eigenvalue weighted by Gasteiger charge is -2.08. The lowest BCUT2D eigenvalue weighted by Crippen LogP contribution is -2.17. The van der Waals surface area contributed by atoms with Crippen molar-refractivity contribution in [2.75, 3.05) is 0 Å². The summed E-state index contributed by atoms with van der Waals surface area (Å²) in [6.07, 6.45) is 0. The van der Waals surface area contributed by atoms with Crippen LogP contribution in [0.2, 0.25) is 0 Å². The van der Waals surface area contributed by atoms with Crippen LogP contribution in [-0.4, -0.2) is 28.6 Å². The van der Waals surface area contributed by atoms with Gasteiger partial charge in [-0.15, -0.1) is 0 Å². The van der Waals surface area contributed by atoms with Crippen LogP contribution in [0.25, 0.3) is 0 Å². The molecule has 0 aliphatic rings. The second kappa shape index (κ2) is 3.51. The number of aromatic hydroxyl groups is 1. The molecule has 0 saturated carbocycles. The summed E-state index contributed by atoms with van der Waals surface area (Å²) in [7, 11) is -0.425. The predicted molar refractivity (Wildman–Crippen MR) is 50.5 cm³/mol. The molecule has 0 fully saturated rings. The summed E-state index contributed by atoms with van der Waals surface area (Å²) < 4.78 is 23.1. The third kappa shape index (κ3) is 1.92. The number of phenols is 1. The quantitative estimate of drug-likeness (QED) is 0.735. The molecule has 13 heavy (non-hydrogen) atoms. The number of para-hydroxylation sites is 1. The van der Waals surface area contributed by atoms with Crippen LogP contribution in [0.3, 0.4) is 0 Å². The number of sulfone groups is 1. The summed E-state index contributed by atoms with van der Waals surface area (Å²) in [6.45, 7) is 1.50. The van der Waals surface area contributed by atoms with Crippen molar-refractivity contribution < 1.29 is 13.5 Å². The Bertz CT molecular complexity index is 398. The molecule has 0 spiro atoms. The van der Waals surface area contributed by atoms with Gasteiger partial charge < -0.3 is 5.11 Å². The van der Waals surface area contributed by atoms with Gasteiger partial charge >= 0.3 is 0 Å². The Morgan fingerprint density at radius 3 is 2.38 bits per heavy atom. The third-order valence-corrected chi connectivity index (χ3v) is 4.46. The normalized spacial score (nSPS) is 14.0. The van der Waals surface area contributed by atoms with Crippen LogP contribution in [0.1, 0.15) is 6.92 Å². The van der Waals surface area contributed by atoms with Gasteiger partial charge in [-0.2, -0.15) is 0 Å². The molecule has 0 aliphatic carbocycles. The van der Waals surface area contributed by atoms with Crippen molar-refractivity contribution in [1.29, 1.82) is 0 Å². The first-order chi connectivity index (χ1) is 5.96. The largest absolute Gasteiger partial charge is 0.507 e. The van der Waals surface area contributed by atoms with Gasteiger partial charge in [-0.1, -0.05) is 19.1 Å². The Balaban J connectivity index is 3.32. The van der Waals surface area contributed by atoms with E-state index in [9.17, 15) is 13.5 Å². The van der Waals surface area contributed by atoms with Crippen molar-refractivity contribution in [3.05, 3.63) is 24.3 Å². The van der Waals surface area contributed by atoms with Crippen LogP contribution < -0.4 is 0 Å². The average Bonchev–Trinajstić information content (AvgIpc) is 2.04. The van der Waals surface area contributed by atoms with E-state index >= 15 is 0 Å². The lowest BCUT2D eigenvalue weighted by molar-refractivity contribution is 0.458. The SMILES string of the molecule is CC([Si])S(=O)(=O)c1ccccc1O. The highest BCUT2D eigenvalue weighted by Crippen LogP contribution is 2.24. The number of rotatable bonds is 2. The van der Waals surface area contributed by atoms with Crippen LogP contribution in [0.5, 0.6) is 5.75 Å². The van der Waals surface area contributed by atoms with E-state index in [2.05, 4.69) is 10.2 Å². The zero-order valence-corrected chi connectivity index (χ0v) is 8.88. The van der Waals surface area contributed by atoms with Gasteiger partial charge in [-0.3, -0.25) is 0 Å². The molecule has 3 radical (unpaired) electrons. The van der Waals surface area contributed by atoms with E-state index in [1.165, 1.54) is 19.1 Å². The monoisotopic (exact) mass is 213 g/mol. The molecule has 0 aliphatic heterocycles. The average molecular weight is 213 g/mol. The molecule has 1 atom stereocenters. The van der Waals surface area contributed by atoms with Gasteiger partial charge in [0.2, 0.25) is 0 Å². The first-order valence-electron chi connectivity index (χ1n) is 3.69. The first-order valence-corrected chi connectivity index (χ1v) is 5.81. The number of phenolic OH excluding ortho intramolecular Hbond substituents is 1. The maximum Gasteiger partial charge on any atom is 0.181 e. The van der Waals surface area contributed by atoms with Gasteiger partial charge in [-0.25, -0.2) is 8.42 Å². The maximum absolute atomic E-state index is 11.5. The van der Waals surface area contributed by atoms with E-state index in [0.717, 1.165) is 0 Å². The van der Waals surface area contributed by atoms with Gasteiger partial charge in [-0.05, 0) is 12.1 Å². The van der Waals surface area contributed by atoms with Crippen molar-refractivity contribution in [3.8, 4) is 5.75 Å². The molecular weight excluding hydrogens is 204 g/mol. The second-order valence-corrected chi connectivity index (χ2v) is 6.18. The molecule has 1 aromatic carbocycles. The molecular formula is C8H9O3SSi. The standard InChI is InChI=1S/C8H9O3SSi/c1-6(13)12(10,11)8-5-3-2-4-7(8)9/h2-6,9H,1H3. The van der Waals surface area contributed by atoms with Crippen LogP contribution in [0, 0.1) is 0 Å². The second-order valence-electron chi connectivity index (χ2n) is 2.65. The summed E-state index contributed by atoms with van der Waals surface area (Å²) in [6, 6.07) is 5.87. The van der Waals surface area contributed by atoms with Gasteiger partial charge in [0.05, 0.1) is 0 Å². The Labute approximate surface area is 80.8 Å². The molecule has 0 heterocycles. The smallest absolute Gasteiger partial charge is 0.181 e. The number of hydrogen-bond acceptors (Lipinski definition) is 3. The number of hydrogen-bond donors (Lipinski definition) is 1. The predicted octanol–water partition coefficient (Wildman–Crippen LogP) is 0.680. The van der Waals surface area contributed by atoms with Crippen molar-refractivity contribution in [1.82, 2.24) is 0 Å². The summed E-state index contributed by atoms with van der Waals surface area (Å²) in [5, 5.41) is 9.29. The van der Waals surface area contributed by atoms with Crippen LogP contribution >= 0.6 is 0 Å². The fourth-order valence-corrected chi connectivity index (χ4v) is 2.28. The molecule has 1 N–H and O–H groups in total. The number of benzene rings is 1. The highest BCUT2D eigenvalue weighted by atomic mass is 32.2. The maximum atomic E-state index is 11.5. The van der Waals surface area contributed by atoms with E-state index in [1.807, 2.05) is 0 Å². The molecule has 0 saturated heterocycles. The van der Waals surface area contributed by atoms with Crippen molar-refractivity contribution in [3.63, 3.8) is 0 Å². The molecule has 0 bridgehead atoms. The molecule has 5 heteroatoms.